The molecule has 0 aliphatic carbocycles. The molecule has 1 N–H and O–H groups in total. The van der Waals surface area contributed by atoms with E-state index >= 15 is 0 Å². The van der Waals surface area contributed by atoms with Gasteiger partial charge in [-0.2, -0.15) is 0 Å². The van der Waals surface area contributed by atoms with Gasteiger partial charge in [0, 0.05) is 0 Å². The van der Waals surface area contributed by atoms with Crippen LogP contribution in [0, 0.1) is 24.2 Å². The summed E-state index contributed by atoms with van der Waals surface area (Å²) < 4.78 is 10.9. The van der Waals surface area contributed by atoms with Gasteiger partial charge in [-0.3, -0.25) is 4.79 Å². The van der Waals surface area contributed by atoms with Crippen molar-refractivity contribution < 1.29 is 19.1 Å². The van der Waals surface area contributed by atoms with Crippen molar-refractivity contribution >= 4 is 11.9 Å². The lowest BCUT2D eigenvalue weighted by molar-refractivity contribution is -0.146. The highest BCUT2D eigenvalue weighted by Crippen LogP contribution is 2.25. The summed E-state index contributed by atoms with van der Waals surface area (Å²) in [6.07, 6.45) is 3.50. The number of hydrogen-bond donors (Lipinski definition) is 1. The fraction of sp³-hybridized carbons (Fsp3) is 0.636. The van der Waals surface area contributed by atoms with Gasteiger partial charge in [-0.25, -0.2) is 4.79 Å². The molecule has 2 rings (SSSR count). The number of benzene rings is 1. The zero-order valence-corrected chi connectivity index (χ0v) is 17.3. The number of esters is 2. The van der Waals surface area contributed by atoms with Crippen molar-refractivity contribution in [2.75, 3.05) is 19.7 Å². The fourth-order valence-electron chi connectivity index (χ4n) is 3.26. The Morgan fingerprint density at radius 3 is 2.48 bits per heavy atom. The van der Waals surface area contributed by atoms with Crippen molar-refractivity contribution in [3.8, 4) is 5.75 Å². The van der Waals surface area contributed by atoms with Crippen LogP contribution < -0.4 is 10.1 Å². The number of aryl methyl sites for hydroxylation is 1. The van der Waals surface area contributed by atoms with Crippen molar-refractivity contribution in [1.29, 1.82) is 0 Å². The van der Waals surface area contributed by atoms with Crippen LogP contribution in [0.2, 0.25) is 0 Å². The average Bonchev–Trinajstić information content (AvgIpc) is 2.61. The Morgan fingerprint density at radius 2 is 1.89 bits per heavy atom. The molecule has 0 unspecified atom stereocenters. The number of rotatable bonds is 6. The summed E-state index contributed by atoms with van der Waals surface area (Å²) in [6, 6.07) is 5.26. The lowest BCUT2D eigenvalue weighted by Crippen LogP contribution is -2.31. The van der Waals surface area contributed by atoms with Crippen LogP contribution in [0.25, 0.3) is 0 Å². The second-order valence-corrected chi connectivity index (χ2v) is 8.61. The van der Waals surface area contributed by atoms with Crippen molar-refractivity contribution in [3.63, 3.8) is 0 Å². The summed E-state index contributed by atoms with van der Waals surface area (Å²) in [4.78, 5) is 24.1. The number of ether oxygens (including phenoxy) is 2. The SMILES string of the molecule is Cc1cc(OCC[C@@H](C)C2CCNCC2)ccc1C(=O)OC(=O)C(C)(C)C. The summed E-state index contributed by atoms with van der Waals surface area (Å²) in [5.41, 5.74) is 0.422. The van der Waals surface area contributed by atoms with Gasteiger partial charge in [-0.05, 0) is 95.6 Å². The average molecular weight is 376 g/mol. The van der Waals surface area contributed by atoms with Crippen molar-refractivity contribution in [2.24, 2.45) is 17.3 Å². The standard InChI is InChI=1S/C22H33NO4/c1-15(17-8-11-23-12-9-17)10-13-26-18-6-7-19(16(2)14-18)20(24)27-21(25)22(3,4)5/h6-7,14-15,17,23H,8-13H2,1-5H3/t15-/m1/s1. The molecule has 1 aliphatic heterocycles. The Bertz CT molecular complexity index is 657. The van der Waals surface area contributed by atoms with E-state index in [-0.39, 0.29) is 0 Å². The predicted octanol–water partition coefficient (Wildman–Crippen LogP) is 4.13. The molecule has 1 aromatic rings. The molecule has 0 spiro atoms. The van der Waals surface area contributed by atoms with Crippen molar-refractivity contribution in [1.82, 2.24) is 5.32 Å². The number of carbonyl (C=O) groups is 2. The van der Waals surface area contributed by atoms with Gasteiger partial charge in [-0.15, -0.1) is 0 Å². The minimum Gasteiger partial charge on any atom is -0.494 e. The molecule has 1 heterocycles. The zero-order chi connectivity index (χ0) is 20.0. The van der Waals surface area contributed by atoms with Crippen LogP contribution in [0.15, 0.2) is 18.2 Å². The van der Waals surface area contributed by atoms with E-state index in [9.17, 15) is 9.59 Å². The van der Waals surface area contributed by atoms with E-state index in [0.717, 1.165) is 36.7 Å². The van der Waals surface area contributed by atoms with Crippen LogP contribution in [-0.4, -0.2) is 31.6 Å². The van der Waals surface area contributed by atoms with E-state index in [1.54, 1.807) is 32.9 Å². The van der Waals surface area contributed by atoms with Crippen molar-refractivity contribution in [3.05, 3.63) is 29.3 Å². The van der Waals surface area contributed by atoms with Gasteiger partial charge < -0.3 is 14.8 Å². The Kier molecular flexibility index (Phi) is 7.42. The smallest absolute Gasteiger partial charge is 0.346 e. The van der Waals surface area contributed by atoms with Gasteiger partial charge in [0.05, 0.1) is 17.6 Å². The quantitative estimate of drug-likeness (QED) is 0.598. The lowest BCUT2D eigenvalue weighted by Gasteiger charge is -2.28. The zero-order valence-electron chi connectivity index (χ0n) is 17.3. The van der Waals surface area contributed by atoms with Crippen molar-refractivity contribution in [2.45, 2.75) is 53.9 Å². The van der Waals surface area contributed by atoms with Gasteiger partial charge in [0.1, 0.15) is 5.75 Å². The second-order valence-electron chi connectivity index (χ2n) is 8.61. The maximum Gasteiger partial charge on any atom is 0.346 e. The summed E-state index contributed by atoms with van der Waals surface area (Å²) in [6.45, 7) is 12.2. The molecule has 0 aromatic heterocycles. The number of carbonyl (C=O) groups excluding carboxylic acids is 2. The molecule has 27 heavy (non-hydrogen) atoms. The molecule has 1 saturated heterocycles. The molecule has 5 nitrogen and oxygen atoms in total. The second kappa shape index (κ2) is 9.36. The molecule has 1 aromatic carbocycles. The molecule has 0 amide bonds. The van der Waals surface area contributed by atoms with Gasteiger partial charge in [-0.1, -0.05) is 6.92 Å². The number of piperidine rings is 1. The third kappa shape index (κ3) is 6.35. The van der Waals surface area contributed by atoms with Gasteiger partial charge in [0.15, 0.2) is 0 Å². The Balaban J connectivity index is 1.86. The lowest BCUT2D eigenvalue weighted by atomic mass is 9.84. The highest BCUT2D eigenvalue weighted by atomic mass is 16.6. The third-order valence-corrected chi connectivity index (χ3v) is 5.25. The molecule has 1 atom stereocenters. The molecule has 1 fully saturated rings. The van der Waals surface area contributed by atoms with Crippen LogP contribution in [-0.2, 0) is 9.53 Å². The highest BCUT2D eigenvalue weighted by molar-refractivity contribution is 5.99. The number of hydrogen-bond acceptors (Lipinski definition) is 5. The van der Waals surface area contributed by atoms with E-state index in [4.69, 9.17) is 9.47 Å². The molecule has 150 valence electrons. The largest absolute Gasteiger partial charge is 0.494 e. The summed E-state index contributed by atoms with van der Waals surface area (Å²) in [5.74, 6) is 1.02. The topological polar surface area (TPSA) is 64.6 Å². The molecule has 0 bridgehead atoms. The first-order valence-electron chi connectivity index (χ1n) is 9.89. The first-order chi connectivity index (χ1) is 12.7. The van der Waals surface area contributed by atoms with E-state index in [1.165, 1.54) is 12.8 Å². The van der Waals surface area contributed by atoms with Crippen LogP contribution in [0.3, 0.4) is 0 Å². The number of nitrogens with one attached hydrogen (secondary N) is 1. The molecule has 0 saturated carbocycles. The Morgan fingerprint density at radius 1 is 1.22 bits per heavy atom. The van der Waals surface area contributed by atoms with E-state index < -0.39 is 17.4 Å². The summed E-state index contributed by atoms with van der Waals surface area (Å²) in [7, 11) is 0. The maximum absolute atomic E-state index is 12.2. The van der Waals surface area contributed by atoms with Crippen LogP contribution >= 0.6 is 0 Å². The van der Waals surface area contributed by atoms with Gasteiger partial charge in [0.25, 0.3) is 0 Å². The highest BCUT2D eigenvalue weighted by Gasteiger charge is 2.27. The molecular formula is C22H33NO4. The molecule has 0 radical (unpaired) electrons. The normalized spacial score (nSPS) is 16.6. The van der Waals surface area contributed by atoms with Crippen LogP contribution in [0.1, 0.15) is 62.9 Å². The van der Waals surface area contributed by atoms with E-state index in [0.29, 0.717) is 18.1 Å². The van der Waals surface area contributed by atoms with Gasteiger partial charge in [0.2, 0.25) is 0 Å². The monoisotopic (exact) mass is 375 g/mol. The third-order valence-electron chi connectivity index (χ3n) is 5.25. The Hall–Kier alpha value is -1.88. The summed E-state index contributed by atoms with van der Waals surface area (Å²) in [5, 5.41) is 3.40. The maximum atomic E-state index is 12.2. The predicted molar refractivity (Wildman–Crippen MR) is 106 cm³/mol. The molecule has 1 aliphatic rings. The Labute approximate surface area is 162 Å². The first kappa shape index (κ1) is 21.4. The van der Waals surface area contributed by atoms with Gasteiger partial charge >= 0.3 is 11.9 Å². The summed E-state index contributed by atoms with van der Waals surface area (Å²) >= 11 is 0. The van der Waals surface area contributed by atoms with Crippen LogP contribution in [0.4, 0.5) is 0 Å². The minimum atomic E-state index is -0.711. The van der Waals surface area contributed by atoms with Crippen LogP contribution in [0.5, 0.6) is 5.75 Å². The molecule has 5 heteroatoms. The first-order valence-corrected chi connectivity index (χ1v) is 9.89. The van der Waals surface area contributed by atoms with E-state index in [1.807, 2.05) is 13.0 Å². The molecular weight excluding hydrogens is 342 g/mol. The van der Waals surface area contributed by atoms with E-state index in [2.05, 4.69) is 12.2 Å². The minimum absolute atomic E-state index is 0.392. The fourth-order valence-corrected chi connectivity index (χ4v) is 3.26.